The summed E-state index contributed by atoms with van der Waals surface area (Å²) in [5.41, 5.74) is 6.42. The molecule has 3 heteroatoms. The Balaban J connectivity index is 1.48. The normalized spacial score (nSPS) is 11.2. The molecule has 0 saturated carbocycles. The van der Waals surface area contributed by atoms with Crippen LogP contribution >= 0.6 is 0 Å². The molecule has 0 unspecified atom stereocenters. The third-order valence-corrected chi connectivity index (χ3v) is 5.38. The molecule has 0 heterocycles. The highest BCUT2D eigenvalue weighted by atomic mass is 16.1. The first kappa shape index (κ1) is 20.3. The Morgan fingerprint density at radius 1 is 0.714 bits per heavy atom. The molecule has 0 saturated heterocycles. The lowest BCUT2D eigenvalue weighted by molar-refractivity contribution is -0.116. The van der Waals surface area contributed by atoms with E-state index in [1.807, 2.05) is 18.2 Å². The predicted octanol–water partition coefficient (Wildman–Crippen LogP) is 6.40. The van der Waals surface area contributed by atoms with Crippen LogP contribution in [0.25, 0.3) is 21.5 Å². The topological polar surface area (TPSA) is 55.1 Å². The molecule has 148 valence electrons. The summed E-state index contributed by atoms with van der Waals surface area (Å²) in [6, 6.07) is 18.8. The minimum Gasteiger partial charge on any atom is -0.330 e. The summed E-state index contributed by atoms with van der Waals surface area (Å²) in [5, 5.41) is 7.81. The number of carbonyl (C=O) groups excluding carboxylic acids is 1. The second-order valence-electron chi connectivity index (χ2n) is 7.64. The molecule has 3 aromatic carbocycles. The second-order valence-corrected chi connectivity index (χ2v) is 7.64. The second kappa shape index (κ2) is 10.8. The van der Waals surface area contributed by atoms with Crippen molar-refractivity contribution in [3.63, 3.8) is 0 Å². The number of unbranched alkanes of at least 4 members (excludes halogenated alkanes) is 7. The van der Waals surface area contributed by atoms with E-state index < -0.39 is 0 Å². The molecule has 0 fully saturated rings. The van der Waals surface area contributed by atoms with Crippen molar-refractivity contribution in [2.24, 2.45) is 5.73 Å². The highest BCUT2D eigenvalue weighted by Crippen LogP contribution is 2.28. The van der Waals surface area contributed by atoms with Crippen LogP contribution in [0.5, 0.6) is 0 Å². The minimum atomic E-state index is 0.114. The number of rotatable bonds is 11. The summed E-state index contributed by atoms with van der Waals surface area (Å²) in [6.45, 7) is 0.808. The molecule has 0 spiro atoms. The quantitative estimate of drug-likeness (QED) is 0.300. The van der Waals surface area contributed by atoms with Gasteiger partial charge in [0.05, 0.1) is 0 Å². The fourth-order valence-corrected chi connectivity index (χ4v) is 3.78. The van der Waals surface area contributed by atoms with E-state index in [9.17, 15) is 4.79 Å². The maximum absolute atomic E-state index is 12.4. The van der Waals surface area contributed by atoms with Gasteiger partial charge in [0, 0.05) is 17.5 Å². The molecule has 3 rings (SSSR count). The highest BCUT2D eigenvalue weighted by molar-refractivity contribution is 6.07. The summed E-state index contributed by atoms with van der Waals surface area (Å²) in [4.78, 5) is 12.4. The summed E-state index contributed by atoms with van der Waals surface area (Å²) in [6.07, 6.45) is 10.1. The van der Waals surface area contributed by atoms with Crippen LogP contribution < -0.4 is 11.1 Å². The van der Waals surface area contributed by atoms with Gasteiger partial charge in [-0.2, -0.15) is 0 Å². The van der Waals surface area contributed by atoms with Gasteiger partial charge in [0.1, 0.15) is 0 Å². The largest absolute Gasteiger partial charge is 0.330 e. The lowest BCUT2D eigenvalue weighted by atomic mass is 10.0. The maximum Gasteiger partial charge on any atom is 0.224 e. The van der Waals surface area contributed by atoms with Gasteiger partial charge in [-0.3, -0.25) is 4.79 Å². The van der Waals surface area contributed by atoms with Crippen molar-refractivity contribution in [1.82, 2.24) is 0 Å². The van der Waals surface area contributed by atoms with Crippen LogP contribution in [0, 0.1) is 0 Å². The number of anilines is 1. The van der Waals surface area contributed by atoms with Crippen molar-refractivity contribution in [2.45, 2.75) is 57.8 Å². The Hall–Kier alpha value is -2.39. The summed E-state index contributed by atoms with van der Waals surface area (Å²) in [5.74, 6) is 0.114. The molecule has 3 N–H and O–H groups in total. The third kappa shape index (κ3) is 5.80. The van der Waals surface area contributed by atoms with Gasteiger partial charge in [0.25, 0.3) is 0 Å². The zero-order valence-corrected chi connectivity index (χ0v) is 16.8. The molecule has 0 radical (unpaired) electrons. The van der Waals surface area contributed by atoms with Crippen molar-refractivity contribution in [2.75, 3.05) is 11.9 Å². The average Bonchev–Trinajstić information content (AvgIpc) is 2.71. The van der Waals surface area contributed by atoms with Gasteiger partial charge >= 0.3 is 0 Å². The van der Waals surface area contributed by atoms with Crippen molar-refractivity contribution in [3.8, 4) is 0 Å². The minimum absolute atomic E-state index is 0.114. The Morgan fingerprint density at radius 2 is 1.32 bits per heavy atom. The first-order chi connectivity index (χ1) is 13.8. The SMILES string of the molecule is NCCCCCCCCCCC(=O)Nc1cccc2cc3ccccc3cc12. The number of carbonyl (C=O) groups is 1. The Labute approximate surface area is 168 Å². The Kier molecular flexibility index (Phi) is 7.86. The van der Waals surface area contributed by atoms with Crippen LogP contribution in [-0.2, 0) is 4.79 Å². The lowest BCUT2D eigenvalue weighted by Gasteiger charge is -2.10. The van der Waals surface area contributed by atoms with Crippen molar-refractivity contribution in [3.05, 3.63) is 54.6 Å². The first-order valence-corrected chi connectivity index (χ1v) is 10.7. The van der Waals surface area contributed by atoms with E-state index in [0.717, 1.165) is 42.3 Å². The van der Waals surface area contributed by atoms with Gasteiger partial charge in [-0.15, -0.1) is 0 Å². The van der Waals surface area contributed by atoms with E-state index in [-0.39, 0.29) is 5.91 Å². The number of benzene rings is 3. The van der Waals surface area contributed by atoms with Gasteiger partial charge in [-0.1, -0.05) is 74.9 Å². The van der Waals surface area contributed by atoms with E-state index in [4.69, 9.17) is 5.73 Å². The van der Waals surface area contributed by atoms with E-state index >= 15 is 0 Å². The number of hydrogen-bond donors (Lipinski definition) is 2. The molecule has 0 aliphatic rings. The fourth-order valence-electron chi connectivity index (χ4n) is 3.78. The molecule has 0 aliphatic carbocycles. The van der Waals surface area contributed by atoms with Crippen LogP contribution in [0.1, 0.15) is 57.8 Å². The molecule has 3 nitrogen and oxygen atoms in total. The van der Waals surface area contributed by atoms with E-state index in [1.165, 1.54) is 42.9 Å². The molecule has 0 bridgehead atoms. The van der Waals surface area contributed by atoms with Crippen molar-refractivity contribution >= 4 is 33.1 Å². The smallest absolute Gasteiger partial charge is 0.224 e. The zero-order valence-electron chi connectivity index (χ0n) is 16.8. The van der Waals surface area contributed by atoms with Gasteiger partial charge in [-0.25, -0.2) is 0 Å². The van der Waals surface area contributed by atoms with Crippen LogP contribution in [0.2, 0.25) is 0 Å². The van der Waals surface area contributed by atoms with Crippen LogP contribution in [0.3, 0.4) is 0 Å². The molecule has 0 aromatic heterocycles. The molecule has 0 aliphatic heterocycles. The monoisotopic (exact) mass is 376 g/mol. The lowest BCUT2D eigenvalue weighted by Crippen LogP contribution is -2.11. The number of nitrogens with one attached hydrogen (secondary N) is 1. The number of hydrogen-bond acceptors (Lipinski definition) is 2. The predicted molar refractivity (Wildman–Crippen MR) is 121 cm³/mol. The number of fused-ring (bicyclic) bond motifs is 2. The zero-order chi connectivity index (χ0) is 19.6. The molecule has 3 aromatic rings. The molecular weight excluding hydrogens is 344 g/mol. The average molecular weight is 377 g/mol. The molecule has 0 atom stereocenters. The van der Waals surface area contributed by atoms with E-state index in [1.54, 1.807) is 0 Å². The number of nitrogens with two attached hydrogens (primary N) is 1. The van der Waals surface area contributed by atoms with E-state index in [0.29, 0.717) is 6.42 Å². The maximum atomic E-state index is 12.4. The standard InChI is InChI=1S/C25H32N2O/c26-17-10-6-4-2-1-3-5-7-16-25(28)27-24-15-11-14-22-18-20-12-8-9-13-21(20)19-23(22)24/h8-9,11-15,18-19H,1-7,10,16-17,26H2,(H,27,28). The summed E-state index contributed by atoms with van der Waals surface area (Å²) < 4.78 is 0. The van der Waals surface area contributed by atoms with Crippen molar-refractivity contribution < 1.29 is 4.79 Å². The Morgan fingerprint density at radius 3 is 2.04 bits per heavy atom. The first-order valence-electron chi connectivity index (χ1n) is 10.7. The van der Waals surface area contributed by atoms with E-state index in [2.05, 4.69) is 41.7 Å². The van der Waals surface area contributed by atoms with Gasteiger partial charge in [-0.05, 0) is 53.7 Å². The van der Waals surface area contributed by atoms with Crippen LogP contribution in [0.4, 0.5) is 5.69 Å². The highest BCUT2D eigenvalue weighted by Gasteiger charge is 2.07. The van der Waals surface area contributed by atoms with Crippen LogP contribution in [-0.4, -0.2) is 12.5 Å². The Bertz CT molecular complexity index is 903. The third-order valence-electron chi connectivity index (χ3n) is 5.38. The fraction of sp³-hybridized carbons (Fsp3) is 0.400. The summed E-state index contributed by atoms with van der Waals surface area (Å²) >= 11 is 0. The molecule has 28 heavy (non-hydrogen) atoms. The molecule has 1 amide bonds. The summed E-state index contributed by atoms with van der Waals surface area (Å²) in [7, 11) is 0. The molecular formula is C25H32N2O. The number of amides is 1. The van der Waals surface area contributed by atoms with Gasteiger partial charge in [0.2, 0.25) is 5.91 Å². The van der Waals surface area contributed by atoms with Gasteiger partial charge in [0.15, 0.2) is 0 Å². The van der Waals surface area contributed by atoms with Gasteiger partial charge < -0.3 is 11.1 Å². The van der Waals surface area contributed by atoms with Crippen molar-refractivity contribution in [1.29, 1.82) is 0 Å². The van der Waals surface area contributed by atoms with Crippen LogP contribution in [0.15, 0.2) is 54.6 Å².